The summed E-state index contributed by atoms with van der Waals surface area (Å²) in [5.41, 5.74) is 1.80. The van der Waals surface area contributed by atoms with E-state index in [1.165, 1.54) is 11.0 Å². The van der Waals surface area contributed by atoms with Crippen molar-refractivity contribution in [1.29, 1.82) is 0 Å². The number of aryl methyl sites for hydroxylation is 1. The van der Waals surface area contributed by atoms with Gasteiger partial charge in [0.2, 0.25) is 21.8 Å². The van der Waals surface area contributed by atoms with Gasteiger partial charge in [0.1, 0.15) is 12.6 Å². The van der Waals surface area contributed by atoms with Crippen LogP contribution in [0.4, 0.5) is 5.69 Å². The topological polar surface area (TPSA) is 86.8 Å². The molecule has 1 unspecified atom stereocenters. The molecule has 0 spiro atoms. The van der Waals surface area contributed by atoms with Crippen molar-refractivity contribution < 1.29 is 18.0 Å². The number of carbonyl (C=O) groups is 2. The average Bonchev–Trinajstić information content (AvgIpc) is 2.71. The van der Waals surface area contributed by atoms with E-state index in [1.54, 1.807) is 50.2 Å². The number of amides is 2. The van der Waals surface area contributed by atoms with Crippen LogP contribution in [-0.2, 0) is 26.2 Å². The number of rotatable bonds is 9. The molecule has 2 amide bonds. The molecule has 7 nitrogen and oxygen atoms in total. The summed E-state index contributed by atoms with van der Waals surface area (Å²) in [6.45, 7) is 6.68. The molecule has 0 aromatic heterocycles. The first-order valence-corrected chi connectivity index (χ1v) is 13.0. The van der Waals surface area contributed by atoms with Crippen molar-refractivity contribution in [2.45, 2.75) is 46.3 Å². The second kappa shape index (κ2) is 11.2. The maximum absolute atomic E-state index is 13.4. The Kier molecular flexibility index (Phi) is 9.17. The van der Waals surface area contributed by atoms with Gasteiger partial charge in [-0.25, -0.2) is 8.42 Å². The van der Waals surface area contributed by atoms with E-state index < -0.39 is 28.5 Å². The molecule has 0 aliphatic carbocycles. The fourth-order valence-corrected chi connectivity index (χ4v) is 4.27. The summed E-state index contributed by atoms with van der Waals surface area (Å²) < 4.78 is 26.1. The molecular weight excluding hydrogens is 485 g/mol. The fraction of sp³-hybridized carbons (Fsp3) is 0.391. The summed E-state index contributed by atoms with van der Waals surface area (Å²) in [5, 5.41) is 3.73. The summed E-state index contributed by atoms with van der Waals surface area (Å²) in [6, 6.07) is 10.7. The van der Waals surface area contributed by atoms with Gasteiger partial charge in [0.05, 0.1) is 11.9 Å². The van der Waals surface area contributed by atoms with Crippen LogP contribution in [0.5, 0.6) is 0 Å². The lowest BCUT2D eigenvalue weighted by atomic mass is 10.1. The summed E-state index contributed by atoms with van der Waals surface area (Å²) in [5.74, 6) is -0.866. The van der Waals surface area contributed by atoms with Gasteiger partial charge < -0.3 is 10.2 Å². The molecule has 0 radical (unpaired) electrons. The zero-order chi connectivity index (χ0) is 24.9. The lowest BCUT2D eigenvalue weighted by Gasteiger charge is -2.32. The second-order valence-electron chi connectivity index (χ2n) is 8.19. The molecule has 0 aliphatic rings. The standard InChI is InChI=1S/C23H29Cl2N3O4S/c1-15(2)26-23(30)17(4)27(13-18-7-9-19(24)10-8-18)22(29)14-28(33(5,31)32)20-11-6-16(3)21(25)12-20/h6-12,15,17H,13-14H2,1-5H3,(H,26,30). The highest BCUT2D eigenvalue weighted by Crippen LogP contribution is 2.25. The smallest absolute Gasteiger partial charge is 0.244 e. The Labute approximate surface area is 205 Å². The Morgan fingerprint density at radius 2 is 1.64 bits per heavy atom. The Morgan fingerprint density at radius 3 is 2.15 bits per heavy atom. The van der Waals surface area contributed by atoms with Crippen LogP contribution in [0.3, 0.4) is 0 Å². The molecule has 0 saturated carbocycles. The lowest BCUT2D eigenvalue weighted by Crippen LogP contribution is -2.52. The summed E-state index contributed by atoms with van der Waals surface area (Å²) in [7, 11) is -3.81. The van der Waals surface area contributed by atoms with Crippen LogP contribution in [0, 0.1) is 6.92 Å². The first-order chi connectivity index (χ1) is 15.3. The van der Waals surface area contributed by atoms with Crippen molar-refractivity contribution in [1.82, 2.24) is 10.2 Å². The van der Waals surface area contributed by atoms with Gasteiger partial charge >= 0.3 is 0 Å². The first-order valence-electron chi connectivity index (χ1n) is 10.4. The summed E-state index contributed by atoms with van der Waals surface area (Å²) >= 11 is 12.1. The highest BCUT2D eigenvalue weighted by atomic mass is 35.5. The van der Waals surface area contributed by atoms with E-state index >= 15 is 0 Å². The van der Waals surface area contributed by atoms with Crippen LogP contribution in [-0.4, -0.2) is 50.0 Å². The molecule has 0 bridgehead atoms. The van der Waals surface area contributed by atoms with E-state index in [4.69, 9.17) is 23.2 Å². The zero-order valence-corrected chi connectivity index (χ0v) is 21.6. The van der Waals surface area contributed by atoms with Gasteiger partial charge in [-0.3, -0.25) is 13.9 Å². The Balaban J connectivity index is 2.40. The van der Waals surface area contributed by atoms with Crippen molar-refractivity contribution in [2.24, 2.45) is 0 Å². The van der Waals surface area contributed by atoms with Crippen LogP contribution in [0.15, 0.2) is 42.5 Å². The third kappa shape index (κ3) is 7.62. The molecule has 0 saturated heterocycles. The minimum Gasteiger partial charge on any atom is -0.352 e. The molecule has 2 aromatic rings. The number of hydrogen-bond acceptors (Lipinski definition) is 4. The molecule has 33 heavy (non-hydrogen) atoms. The minimum absolute atomic E-state index is 0.106. The number of anilines is 1. The Bertz CT molecular complexity index is 1110. The van der Waals surface area contributed by atoms with E-state index in [-0.39, 0.29) is 24.2 Å². The maximum atomic E-state index is 13.4. The molecule has 0 aliphatic heterocycles. The number of benzene rings is 2. The normalized spacial score (nSPS) is 12.4. The molecule has 10 heteroatoms. The van der Waals surface area contributed by atoms with Crippen molar-refractivity contribution in [3.8, 4) is 0 Å². The van der Waals surface area contributed by atoms with Gasteiger partial charge in [-0.15, -0.1) is 0 Å². The second-order valence-corrected chi connectivity index (χ2v) is 10.9. The Hall–Kier alpha value is -2.29. The number of hydrogen-bond donors (Lipinski definition) is 1. The largest absolute Gasteiger partial charge is 0.352 e. The van der Waals surface area contributed by atoms with Crippen LogP contribution < -0.4 is 9.62 Å². The van der Waals surface area contributed by atoms with Gasteiger partial charge in [-0.1, -0.05) is 41.4 Å². The fourth-order valence-electron chi connectivity index (χ4n) is 3.12. The molecule has 0 heterocycles. The summed E-state index contributed by atoms with van der Waals surface area (Å²) in [6.07, 6.45) is 1.02. The number of sulfonamides is 1. The number of nitrogens with one attached hydrogen (secondary N) is 1. The lowest BCUT2D eigenvalue weighted by molar-refractivity contribution is -0.139. The molecule has 2 aromatic carbocycles. The molecule has 2 rings (SSSR count). The highest BCUT2D eigenvalue weighted by Gasteiger charge is 2.30. The van der Waals surface area contributed by atoms with Crippen molar-refractivity contribution in [3.05, 3.63) is 63.6 Å². The minimum atomic E-state index is -3.81. The van der Waals surface area contributed by atoms with E-state index in [0.29, 0.717) is 10.0 Å². The monoisotopic (exact) mass is 513 g/mol. The van der Waals surface area contributed by atoms with Crippen LogP contribution in [0.2, 0.25) is 10.0 Å². The number of carbonyl (C=O) groups excluding carboxylic acids is 2. The van der Waals surface area contributed by atoms with E-state index in [9.17, 15) is 18.0 Å². The van der Waals surface area contributed by atoms with Gasteiger partial charge in [0.15, 0.2) is 0 Å². The maximum Gasteiger partial charge on any atom is 0.244 e. The molecular formula is C23H29Cl2N3O4S. The number of halogens is 2. The van der Waals surface area contributed by atoms with Gasteiger partial charge in [-0.2, -0.15) is 0 Å². The van der Waals surface area contributed by atoms with E-state index in [0.717, 1.165) is 21.7 Å². The molecule has 0 fully saturated rings. The average molecular weight is 514 g/mol. The highest BCUT2D eigenvalue weighted by molar-refractivity contribution is 7.92. The van der Waals surface area contributed by atoms with Crippen LogP contribution >= 0.6 is 23.2 Å². The van der Waals surface area contributed by atoms with Crippen molar-refractivity contribution in [3.63, 3.8) is 0 Å². The van der Waals surface area contributed by atoms with Crippen LogP contribution in [0.1, 0.15) is 31.9 Å². The van der Waals surface area contributed by atoms with Crippen LogP contribution in [0.25, 0.3) is 0 Å². The van der Waals surface area contributed by atoms with E-state index in [1.807, 2.05) is 13.8 Å². The first kappa shape index (κ1) is 27.0. The Morgan fingerprint density at radius 1 is 1.03 bits per heavy atom. The van der Waals surface area contributed by atoms with Gasteiger partial charge in [0, 0.05) is 22.6 Å². The third-order valence-electron chi connectivity index (χ3n) is 4.99. The van der Waals surface area contributed by atoms with Crippen molar-refractivity contribution >= 4 is 50.7 Å². The predicted molar refractivity (Wildman–Crippen MR) is 133 cm³/mol. The molecule has 1 atom stereocenters. The van der Waals surface area contributed by atoms with Gasteiger partial charge in [-0.05, 0) is 63.1 Å². The molecule has 180 valence electrons. The summed E-state index contributed by atoms with van der Waals surface area (Å²) in [4.78, 5) is 27.5. The predicted octanol–water partition coefficient (Wildman–Crippen LogP) is 4.01. The third-order valence-corrected chi connectivity index (χ3v) is 6.79. The van der Waals surface area contributed by atoms with Crippen molar-refractivity contribution in [2.75, 3.05) is 17.1 Å². The zero-order valence-electron chi connectivity index (χ0n) is 19.3. The van der Waals surface area contributed by atoms with E-state index in [2.05, 4.69) is 5.32 Å². The molecule has 1 N–H and O–H groups in total. The quantitative estimate of drug-likeness (QED) is 0.548. The SMILES string of the molecule is Cc1ccc(N(CC(=O)N(Cc2ccc(Cl)cc2)C(C)C(=O)NC(C)C)S(C)(=O)=O)cc1Cl. The van der Waals surface area contributed by atoms with Gasteiger partial charge in [0.25, 0.3) is 0 Å². The number of nitrogens with zero attached hydrogens (tertiary/aromatic N) is 2.